The normalized spacial score (nSPS) is 11.1. The molecule has 0 saturated carbocycles. The number of aryl methyl sites for hydroxylation is 3. The molecule has 162 valence electrons. The van der Waals surface area contributed by atoms with Crippen LogP contribution in [0, 0.1) is 20.8 Å². The fourth-order valence-corrected chi connectivity index (χ4v) is 3.80. The van der Waals surface area contributed by atoms with Gasteiger partial charge in [0, 0.05) is 34.0 Å². The predicted octanol–water partition coefficient (Wildman–Crippen LogP) is 4.97. The zero-order chi connectivity index (χ0) is 22.7. The van der Waals surface area contributed by atoms with Crippen LogP contribution in [0.15, 0.2) is 77.9 Å². The molecular weight excluding hydrogens is 400 g/mol. The molecule has 2 aromatic heterocycles. The molecule has 0 aliphatic heterocycles. The molecule has 1 N–H and O–H groups in total. The minimum Gasteiger partial charge on any atom is -0.497 e. The van der Waals surface area contributed by atoms with Gasteiger partial charge in [0.1, 0.15) is 5.75 Å². The Balaban J connectivity index is 1.47. The first-order valence-electron chi connectivity index (χ1n) is 10.4. The van der Waals surface area contributed by atoms with Gasteiger partial charge in [-0.3, -0.25) is 4.79 Å². The first-order valence-corrected chi connectivity index (χ1v) is 10.4. The van der Waals surface area contributed by atoms with Gasteiger partial charge in [0.05, 0.1) is 19.0 Å². The standard InChI is InChI=1S/C26H26N4O2/c1-18-5-6-19(2)29(18)22-11-8-21(9-12-22)26(31)28-27-17-24-10-7-20(3)30(24)23-13-15-25(32-4)16-14-23/h5-17H,1-4H3,(H,28,31)/b27-17+. The van der Waals surface area contributed by atoms with Crippen molar-refractivity contribution >= 4 is 12.1 Å². The van der Waals surface area contributed by atoms with Crippen molar-refractivity contribution < 1.29 is 9.53 Å². The predicted molar refractivity (Wildman–Crippen MR) is 127 cm³/mol. The summed E-state index contributed by atoms with van der Waals surface area (Å²) >= 11 is 0. The van der Waals surface area contributed by atoms with Gasteiger partial charge in [0.25, 0.3) is 5.91 Å². The van der Waals surface area contributed by atoms with Crippen LogP contribution in [0.3, 0.4) is 0 Å². The molecule has 6 nitrogen and oxygen atoms in total. The van der Waals surface area contributed by atoms with Crippen LogP contribution in [0.4, 0.5) is 0 Å². The molecule has 0 atom stereocenters. The van der Waals surface area contributed by atoms with Crippen LogP contribution in [-0.2, 0) is 0 Å². The topological polar surface area (TPSA) is 60.5 Å². The number of nitrogens with one attached hydrogen (secondary N) is 1. The van der Waals surface area contributed by atoms with Gasteiger partial charge in [-0.05, 0) is 93.6 Å². The fourth-order valence-electron chi connectivity index (χ4n) is 3.80. The summed E-state index contributed by atoms with van der Waals surface area (Å²) in [6.45, 7) is 6.15. The van der Waals surface area contributed by atoms with E-state index in [2.05, 4.69) is 45.6 Å². The van der Waals surface area contributed by atoms with Crippen molar-refractivity contribution in [3.8, 4) is 17.1 Å². The van der Waals surface area contributed by atoms with Gasteiger partial charge < -0.3 is 13.9 Å². The lowest BCUT2D eigenvalue weighted by Crippen LogP contribution is -2.18. The highest BCUT2D eigenvalue weighted by molar-refractivity contribution is 5.95. The van der Waals surface area contributed by atoms with Crippen LogP contribution in [0.2, 0.25) is 0 Å². The Morgan fingerprint density at radius 1 is 0.781 bits per heavy atom. The highest BCUT2D eigenvalue weighted by Crippen LogP contribution is 2.19. The van der Waals surface area contributed by atoms with Crippen LogP contribution in [0.25, 0.3) is 11.4 Å². The Hall–Kier alpha value is -4.06. The summed E-state index contributed by atoms with van der Waals surface area (Å²) in [5.41, 5.74) is 9.42. The van der Waals surface area contributed by atoms with Crippen molar-refractivity contribution in [3.63, 3.8) is 0 Å². The van der Waals surface area contributed by atoms with E-state index in [0.29, 0.717) is 5.56 Å². The van der Waals surface area contributed by atoms with E-state index in [1.807, 2.05) is 67.6 Å². The molecule has 0 radical (unpaired) electrons. The van der Waals surface area contributed by atoms with Crippen LogP contribution in [-0.4, -0.2) is 28.4 Å². The smallest absolute Gasteiger partial charge is 0.271 e. The molecule has 2 heterocycles. The van der Waals surface area contributed by atoms with Crippen molar-refractivity contribution in [2.24, 2.45) is 5.10 Å². The summed E-state index contributed by atoms with van der Waals surface area (Å²) in [5.74, 6) is 0.544. The number of amides is 1. The third-order valence-electron chi connectivity index (χ3n) is 5.46. The Kier molecular flexibility index (Phi) is 5.94. The number of hydrogen-bond donors (Lipinski definition) is 1. The van der Waals surface area contributed by atoms with Crippen molar-refractivity contribution in [3.05, 3.63) is 101 Å². The summed E-state index contributed by atoms with van der Waals surface area (Å²) in [4.78, 5) is 12.5. The Morgan fingerprint density at radius 2 is 1.31 bits per heavy atom. The molecule has 4 rings (SSSR count). The molecule has 0 saturated heterocycles. The minimum atomic E-state index is -0.256. The lowest BCUT2D eigenvalue weighted by Gasteiger charge is -2.10. The molecule has 32 heavy (non-hydrogen) atoms. The largest absolute Gasteiger partial charge is 0.497 e. The second-order valence-corrected chi connectivity index (χ2v) is 7.63. The second-order valence-electron chi connectivity index (χ2n) is 7.63. The molecule has 0 unspecified atom stereocenters. The molecule has 0 bridgehead atoms. The third-order valence-corrected chi connectivity index (χ3v) is 5.46. The summed E-state index contributed by atoms with van der Waals surface area (Å²) in [6.07, 6.45) is 1.65. The number of ether oxygens (including phenoxy) is 1. The second kappa shape index (κ2) is 8.98. The molecule has 0 fully saturated rings. The maximum Gasteiger partial charge on any atom is 0.271 e. The number of methoxy groups -OCH3 is 1. The molecule has 1 amide bonds. The SMILES string of the molecule is COc1ccc(-n2c(C)ccc2/C=N/NC(=O)c2ccc(-n3c(C)ccc3C)cc2)cc1. The van der Waals surface area contributed by atoms with Crippen LogP contribution in [0.1, 0.15) is 33.1 Å². The lowest BCUT2D eigenvalue weighted by molar-refractivity contribution is 0.0955. The summed E-state index contributed by atoms with van der Waals surface area (Å²) in [5, 5.41) is 4.18. The first-order chi connectivity index (χ1) is 15.5. The van der Waals surface area contributed by atoms with Crippen molar-refractivity contribution in [2.75, 3.05) is 7.11 Å². The molecule has 0 aliphatic carbocycles. The van der Waals surface area contributed by atoms with Gasteiger partial charge in [-0.2, -0.15) is 5.10 Å². The molecule has 0 spiro atoms. The number of hydrogen-bond acceptors (Lipinski definition) is 3. The summed E-state index contributed by atoms with van der Waals surface area (Å²) < 4.78 is 9.45. The molecule has 2 aromatic carbocycles. The van der Waals surface area contributed by atoms with Crippen molar-refractivity contribution in [2.45, 2.75) is 20.8 Å². The van der Waals surface area contributed by atoms with Gasteiger partial charge in [-0.25, -0.2) is 5.43 Å². The van der Waals surface area contributed by atoms with Crippen LogP contribution >= 0.6 is 0 Å². The number of nitrogens with zero attached hydrogens (tertiary/aromatic N) is 3. The molecular formula is C26H26N4O2. The van der Waals surface area contributed by atoms with E-state index < -0.39 is 0 Å². The lowest BCUT2D eigenvalue weighted by atomic mass is 10.2. The number of aromatic nitrogens is 2. The molecule has 4 aromatic rings. The van der Waals surface area contributed by atoms with Crippen molar-refractivity contribution in [1.82, 2.24) is 14.6 Å². The minimum absolute atomic E-state index is 0.256. The zero-order valence-electron chi connectivity index (χ0n) is 18.7. The maximum absolute atomic E-state index is 12.5. The average Bonchev–Trinajstić information content (AvgIpc) is 3.35. The van der Waals surface area contributed by atoms with Gasteiger partial charge in [-0.15, -0.1) is 0 Å². The maximum atomic E-state index is 12.5. The number of carbonyl (C=O) groups is 1. The Morgan fingerprint density at radius 3 is 1.94 bits per heavy atom. The van der Waals surface area contributed by atoms with E-state index in [0.717, 1.165) is 39.9 Å². The highest BCUT2D eigenvalue weighted by atomic mass is 16.5. The van der Waals surface area contributed by atoms with Crippen molar-refractivity contribution in [1.29, 1.82) is 0 Å². The van der Waals surface area contributed by atoms with E-state index in [1.165, 1.54) is 0 Å². The molecule has 6 heteroatoms. The monoisotopic (exact) mass is 426 g/mol. The van der Waals surface area contributed by atoms with E-state index >= 15 is 0 Å². The number of benzene rings is 2. The Labute approximate surface area is 187 Å². The summed E-state index contributed by atoms with van der Waals surface area (Å²) in [6, 6.07) is 23.4. The first kappa shape index (κ1) is 21.2. The van der Waals surface area contributed by atoms with E-state index in [9.17, 15) is 4.79 Å². The summed E-state index contributed by atoms with van der Waals surface area (Å²) in [7, 11) is 1.65. The van der Waals surface area contributed by atoms with Gasteiger partial charge in [-0.1, -0.05) is 0 Å². The van der Waals surface area contributed by atoms with Crippen LogP contribution in [0.5, 0.6) is 5.75 Å². The number of hydrazone groups is 1. The van der Waals surface area contributed by atoms with Gasteiger partial charge in [0.2, 0.25) is 0 Å². The number of carbonyl (C=O) groups excluding carboxylic acids is 1. The quantitative estimate of drug-likeness (QED) is 0.350. The molecule has 0 aliphatic rings. The highest BCUT2D eigenvalue weighted by Gasteiger charge is 2.09. The van der Waals surface area contributed by atoms with E-state index in [4.69, 9.17) is 4.74 Å². The Bertz CT molecular complexity index is 1240. The van der Waals surface area contributed by atoms with Gasteiger partial charge >= 0.3 is 0 Å². The van der Waals surface area contributed by atoms with E-state index in [1.54, 1.807) is 13.3 Å². The van der Waals surface area contributed by atoms with Crippen LogP contribution < -0.4 is 10.2 Å². The average molecular weight is 427 g/mol. The van der Waals surface area contributed by atoms with Gasteiger partial charge in [0.15, 0.2) is 0 Å². The third kappa shape index (κ3) is 4.21. The fraction of sp³-hybridized carbons (Fsp3) is 0.154. The number of rotatable bonds is 6. The van der Waals surface area contributed by atoms with E-state index in [-0.39, 0.29) is 5.91 Å². The zero-order valence-corrected chi connectivity index (χ0v) is 18.7.